The van der Waals surface area contributed by atoms with Gasteiger partial charge in [-0.25, -0.2) is 0 Å². The van der Waals surface area contributed by atoms with Crippen LogP contribution in [-0.4, -0.2) is 34.9 Å². The molecule has 1 heterocycles. The summed E-state index contributed by atoms with van der Waals surface area (Å²) >= 11 is 0.987. The molecule has 1 aliphatic rings. The number of hydrogen-bond donors (Lipinski definition) is 1. The minimum atomic E-state index is -4.46. The van der Waals surface area contributed by atoms with E-state index in [4.69, 9.17) is 0 Å². The summed E-state index contributed by atoms with van der Waals surface area (Å²) in [6, 6.07) is 4.46. The lowest BCUT2D eigenvalue weighted by atomic mass is 10.1. The minimum Gasteiger partial charge on any atom is -0.340 e. The predicted molar refractivity (Wildman–Crippen MR) is 72.7 cm³/mol. The standard InChI is InChI=1S/C13H13F3N2O2S/c1-18(11(19)10-7-21-12(20)17-10)6-8-4-2-3-5-9(8)13(14,15)16/h2-5,10H,6-7H2,1H3,(H,17,20)/t10-/m1/s1. The molecule has 1 N–H and O–H groups in total. The van der Waals surface area contributed by atoms with Gasteiger partial charge < -0.3 is 10.2 Å². The molecule has 0 spiro atoms. The normalized spacial score (nSPS) is 18.5. The Kier molecular flexibility index (Phi) is 4.46. The van der Waals surface area contributed by atoms with E-state index in [0.29, 0.717) is 5.75 Å². The lowest BCUT2D eigenvalue weighted by molar-refractivity contribution is -0.139. The van der Waals surface area contributed by atoms with Gasteiger partial charge in [-0.3, -0.25) is 9.59 Å². The van der Waals surface area contributed by atoms with Crippen molar-refractivity contribution in [2.75, 3.05) is 12.8 Å². The SMILES string of the molecule is CN(Cc1ccccc1C(F)(F)F)C(=O)[C@H]1CSC(=O)N1. The molecule has 2 rings (SSSR count). The zero-order valence-corrected chi connectivity index (χ0v) is 11.9. The fraction of sp³-hybridized carbons (Fsp3) is 0.385. The van der Waals surface area contributed by atoms with Gasteiger partial charge in [0.1, 0.15) is 6.04 Å². The van der Waals surface area contributed by atoms with Crippen LogP contribution >= 0.6 is 11.8 Å². The number of thioether (sulfide) groups is 1. The van der Waals surface area contributed by atoms with Gasteiger partial charge >= 0.3 is 6.18 Å². The van der Waals surface area contributed by atoms with Gasteiger partial charge in [-0.05, 0) is 11.6 Å². The number of alkyl halides is 3. The monoisotopic (exact) mass is 318 g/mol. The molecule has 21 heavy (non-hydrogen) atoms. The number of hydrogen-bond acceptors (Lipinski definition) is 3. The molecular formula is C13H13F3N2O2S. The quantitative estimate of drug-likeness (QED) is 0.931. The van der Waals surface area contributed by atoms with Crippen LogP contribution in [0.15, 0.2) is 24.3 Å². The predicted octanol–water partition coefficient (Wildman–Crippen LogP) is 2.49. The van der Waals surface area contributed by atoms with E-state index in [9.17, 15) is 22.8 Å². The van der Waals surface area contributed by atoms with Crippen LogP contribution in [0.4, 0.5) is 18.0 Å². The Bertz CT molecular complexity index is 563. The summed E-state index contributed by atoms with van der Waals surface area (Å²) in [5, 5.41) is 2.18. The molecule has 2 amide bonds. The lowest BCUT2D eigenvalue weighted by Crippen LogP contribution is -2.43. The van der Waals surface area contributed by atoms with Gasteiger partial charge in [0.05, 0.1) is 5.56 Å². The van der Waals surface area contributed by atoms with Crippen molar-refractivity contribution in [2.24, 2.45) is 0 Å². The Hall–Kier alpha value is -1.70. The van der Waals surface area contributed by atoms with Crippen LogP contribution in [0, 0.1) is 0 Å². The molecule has 1 atom stereocenters. The number of carbonyl (C=O) groups is 2. The lowest BCUT2D eigenvalue weighted by Gasteiger charge is -2.22. The molecule has 4 nitrogen and oxygen atoms in total. The number of carbonyl (C=O) groups excluding carboxylic acids is 2. The van der Waals surface area contributed by atoms with Crippen molar-refractivity contribution >= 4 is 22.9 Å². The average Bonchev–Trinajstić information content (AvgIpc) is 2.84. The molecule has 0 saturated carbocycles. The average molecular weight is 318 g/mol. The topological polar surface area (TPSA) is 49.4 Å². The van der Waals surface area contributed by atoms with Gasteiger partial charge in [0, 0.05) is 19.3 Å². The third-order valence-electron chi connectivity index (χ3n) is 3.08. The van der Waals surface area contributed by atoms with Crippen molar-refractivity contribution in [2.45, 2.75) is 18.8 Å². The van der Waals surface area contributed by atoms with Crippen molar-refractivity contribution in [3.05, 3.63) is 35.4 Å². The van der Waals surface area contributed by atoms with Crippen LogP contribution in [0.25, 0.3) is 0 Å². The van der Waals surface area contributed by atoms with Gasteiger partial charge in [-0.2, -0.15) is 13.2 Å². The number of rotatable bonds is 3. The van der Waals surface area contributed by atoms with E-state index >= 15 is 0 Å². The van der Waals surface area contributed by atoms with Gasteiger partial charge in [0.25, 0.3) is 5.24 Å². The van der Waals surface area contributed by atoms with E-state index in [0.717, 1.165) is 17.8 Å². The number of likely N-dealkylation sites (N-methyl/N-ethyl adjacent to an activating group) is 1. The molecule has 1 fully saturated rings. The van der Waals surface area contributed by atoms with Gasteiger partial charge in [-0.15, -0.1) is 0 Å². The van der Waals surface area contributed by atoms with E-state index in [1.807, 2.05) is 0 Å². The van der Waals surface area contributed by atoms with Crippen LogP contribution < -0.4 is 5.32 Å². The van der Waals surface area contributed by atoms with Crippen molar-refractivity contribution < 1.29 is 22.8 Å². The summed E-state index contributed by atoms with van der Waals surface area (Å²) < 4.78 is 38.7. The first kappa shape index (κ1) is 15.7. The number of nitrogens with one attached hydrogen (secondary N) is 1. The first-order valence-corrected chi connectivity index (χ1v) is 7.11. The number of halogens is 3. The van der Waals surface area contributed by atoms with Crippen LogP contribution in [0.5, 0.6) is 0 Å². The maximum absolute atomic E-state index is 12.9. The van der Waals surface area contributed by atoms with Gasteiger partial charge in [-0.1, -0.05) is 30.0 Å². The van der Waals surface area contributed by atoms with Crippen LogP contribution in [-0.2, 0) is 17.5 Å². The molecule has 0 aromatic heterocycles. The van der Waals surface area contributed by atoms with Crippen molar-refractivity contribution in [1.82, 2.24) is 10.2 Å². The van der Waals surface area contributed by atoms with Crippen molar-refractivity contribution in [3.63, 3.8) is 0 Å². The second kappa shape index (κ2) is 5.97. The highest BCUT2D eigenvalue weighted by Gasteiger charge is 2.34. The zero-order valence-electron chi connectivity index (χ0n) is 11.1. The highest BCUT2D eigenvalue weighted by atomic mass is 32.2. The fourth-order valence-electron chi connectivity index (χ4n) is 2.05. The highest BCUT2D eigenvalue weighted by Crippen LogP contribution is 2.32. The molecule has 0 aliphatic carbocycles. The minimum absolute atomic E-state index is 0.0258. The van der Waals surface area contributed by atoms with Crippen molar-refractivity contribution in [1.29, 1.82) is 0 Å². The summed E-state index contributed by atoms with van der Waals surface area (Å²) in [6.07, 6.45) is -4.46. The number of amides is 2. The Morgan fingerprint density at radius 2 is 2.10 bits per heavy atom. The van der Waals surface area contributed by atoms with Crippen LogP contribution in [0.3, 0.4) is 0 Å². The molecule has 0 radical (unpaired) electrons. The first-order chi connectivity index (χ1) is 9.79. The Morgan fingerprint density at radius 1 is 1.43 bits per heavy atom. The summed E-state index contributed by atoms with van der Waals surface area (Å²) in [5.41, 5.74) is -0.729. The number of nitrogens with zero attached hydrogens (tertiary/aromatic N) is 1. The smallest absolute Gasteiger partial charge is 0.340 e. The Labute approximate surface area is 123 Å². The molecule has 0 unspecified atom stereocenters. The third-order valence-corrected chi connectivity index (χ3v) is 3.96. The van der Waals surface area contributed by atoms with Gasteiger partial charge in [0.15, 0.2) is 0 Å². The van der Waals surface area contributed by atoms with Crippen LogP contribution in [0.1, 0.15) is 11.1 Å². The van der Waals surface area contributed by atoms with Crippen LogP contribution in [0.2, 0.25) is 0 Å². The van der Waals surface area contributed by atoms with E-state index in [-0.39, 0.29) is 17.3 Å². The van der Waals surface area contributed by atoms with E-state index in [1.165, 1.54) is 30.1 Å². The maximum atomic E-state index is 12.9. The maximum Gasteiger partial charge on any atom is 0.416 e. The highest BCUT2D eigenvalue weighted by molar-refractivity contribution is 8.14. The molecule has 1 aliphatic heterocycles. The second-order valence-corrected chi connectivity index (χ2v) is 5.64. The molecule has 1 saturated heterocycles. The van der Waals surface area contributed by atoms with E-state index < -0.39 is 23.7 Å². The Morgan fingerprint density at radius 3 is 2.67 bits per heavy atom. The second-order valence-electron chi connectivity index (χ2n) is 4.64. The largest absolute Gasteiger partial charge is 0.416 e. The van der Waals surface area contributed by atoms with E-state index in [2.05, 4.69) is 5.32 Å². The summed E-state index contributed by atoms with van der Waals surface area (Å²) in [7, 11) is 1.42. The van der Waals surface area contributed by atoms with Gasteiger partial charge in [0.2, 0.25) is 5.91 Å². The summed E-state index contributed by atoms with van der Waals surface area (Å²) in [5.74, 6) is -0.103. The molecular weight excluding hydrogens is 305 g/mol. The first-order valence-electron chi connectivity index (χ1n) is 6.12. The zero-order chi connectivity index (χ0) is 15.6. The van der Waals surface area contributed by atoms with Crippen molar-refractivity contribution in [3.8, 4) is 0 Å². The molecule has 114 valence electrons. The number of benzene rings is 1. The molecule has 1 aromatic carbocycles. The summed E-state index contributed by atoms with van der Waals surface area (Å²) in [6.45, 7) is -0.161. The molecule has 8 heteroatoms. The fourth-order valence-corrected chi connectivity index (χ4v) is 2.82. The summed E-state index contributed by atoms with van der Waals surface area (Å²) in [4.78, 5) is 24.3. The third kappa shape index (κ3) is 3.69. The van der Waals surface area contributed by atoms with E-state index in [1.54, 1.807) is 0 Å². The molecule has 1 aromatic rings. The Balaban J connectivity index is 2.11. The molecule has 0 bridgehead atoms.